The lowest BCUT2D eigenvalue weighted by Gasteiger charge is -2.07. The second-order valence-electron chi connectivity index (χ2n) is 2.46. The van der Waals surface area contributed by atoms with Gasteiger partial charge in [0.25, 0.3) is 0 Å². The summed E-state index contributed by atoms with van der Waals surface area (Å²) < 4.78 is 25.6. The van der Waals surface area contributed by atoms with Crippen molar-refractivity contribution in [3.8, 4) is 0 Å². The van der Waals surface area contributed by atoms with Crippen LogP contribution in [0.4, 0.5) is 14.5 Å². The Morgan fingerprint density at radius 2 is 2.08 bits per heavy atom. The highest BCUT2D eigenvalue weighted by Crippen LogP contribution is 2.25. The lowest BCUT2D eigenvalue weighted by Crippen LogP contribution is -2.14. The molecule has 0 aliphatic heterocycles. The number of hydrogen-bond donors (Lipinski definition) is 2. The van der Waals surface area contributed by atoms with E-state index < -0.39 is 11.6 Å². The number of rotatable bonds is 3. The maximum Gasteiger partial charge on any atom is 0.150 e. The van der Waals surface area contributed by atoms with E-state index in [0.29, 0.717) is 13.1 Å². The van der Waals surface area contributed by atoms with Gasteiger partial charge in [0.05, 0.1) is 10.7 Å². The van der Waals surface area contributed by atoms with Gasteiger partial charge < -0.3 is 11.1 Å². The van der Waals surface area contributed by atoms with Gasteiger partial charge in [0.2, 0.25) is 0 Å². The maximum absolute atomic E-state index is 13.0. The molecule has 0 unspecified atom stereocenters. The topological polar surface area (TPSA) is 38.0 Å². The molecule has 0 amide bonds. The van der Waals surface area contributed by atoms with Crippen molar-refractivity contribution in [1.82, 2.24) is 0 Å². The predicted octanol–water partition coefficient (Wildman–Crippen LogP) is 1.99. The second-order valence-corrected chi connectivity index (χ2v) is 2.87. The Morgan fingerprint density at radius 3 is 2.62 bits per heavy atom. The third-order valence-corrected chi connectivity index (χ3v) is 1.75. The zero-order valence-corrected chi connectivity index (χ0v) is 7.54. The minimum Gasteiger partial charge on any atom is -0.380 e. The van der Waals surface area contributed by atoms with Crippen molar-refractivity contribution in [1.29, 1.82) is 0 Å². The first-order chi connectivity index (χ1) is 6.15. The molecule has 13 heavy (non-hydrogen) atoms. The summed E-state index contributed by atoms with van der Waals surface area (Å²) in [5.41, 5.74) is 5.30. The van der Waals surface area contributed by atoms with Gasteiger partial charge in [-0.2, -0.15) is 0 Å². The van der Waals surface area contributed by atoms with Crippen LogP contribution in [0.1, 0.15) is 0 Å². The highest BCUT2D eigenvalue weighted by molar-refractivity contribution is 6.33. The first-order valence-electron chi connectivity index (χ1n) is 3.73. The van der Waals surface area contributed by atoms with Crippen molar-refractivity contribution in [2.24, 2.45) is 5.73 Å². The molecular weight excluding hydrogens is 198 g/mol. The lowest BCUT2D eigenvalue weighted by atomic mass is 10.3. The van der Waals surface area contributed by atoms with E-state index in [-0.39, 0.29) is 10.7 Å². The Morgan fingerprint density at radius 1 is 1.38 bits per heavy atom. The Labute approximate surface area is 79.7 Å². The number of benzene rings is 1. The van der Waals surface area contributed by atoms with Gasteiger partial charge in [0.15, 0.2) is 5.82 Å². The molecule has 0 saturated carbocycles. The van der Waals surface area contributed by atoms with Gasteiger partial charge in [-0.25, -0.2) is 8.78 Å². The van der Waals surface area contributed by atoms with Crippen LogP contribution >= 0.6 is 11.6 Å². The fourth-order valence-electron chi connectivity index (χ4n) is 0.908. The Hall–Kier alpha value is -0.870. The smallest absolute Gasteiger partial charge is 0.150 e. The van der Waals surface area contributed by atoms with E-state index in [9.17, 15) is 8.78 Å². The third-order valence-electron chi connectivity index (χ3n) is 1.45. The summed E-state index contributed by atoms with van der Waals surface area (Å²) in [4.78, 5) is 0. The summed E-state index contributed by atoms with van der Waals surface area (Å²) in [5.74, 6) is -1.40. The number of hydrogen-bond acceptors (Lipinski definition) is 2. The zero-order chi connectivity index (χ0) is 9.84. The summed E-state index contributed by atoms with van der Waals surface area (Å²) in [5, 5.41) is 2.68. The normalized spacial score (nSPS) is 10.2. The van der Waals surface area contributed by atoms with E-state index in [4.69, 9.17) is 17.3 Å². The monoisotopic (exact) mass is 206 g/mol. The first kappa shape index (κ1) is 10.2. The van der Waals surface area contributed by atoms with Crippen LogP contribution in [0.2, 0.25) is 5.02 Å². The van der Waals surface area contributed by atoms with Gasteiger partial charge in [0, 0.05) is 19.2 Å². The molecule has 1 rings (SSSR count). The van der Waals surface area contributed by atoms with E-state index in [0.717, 1.165) is 12.1 Å². The largest absolute Gasteiger partial charge is 0.380 e. The molecule has 0 aromatic heterocycles. The summed E-state index contributed by atoms with van der Waals surface area (Å²) in [6.07, 6.45) is 0. The molecule has 3 N–H and O–H groups in total. The van der Waals surface area contributed by atoms with Crippen molar-refractivity contribution < 1.29 is 8.78 Å². The summed E-state index contributed by atoms with van der Waals surface area (Å²) in [6.45, 7) is 0.745. The molecule has 1 aromatic carbocycles. The van der Waals surface area contributed by atoms with Gasteiger partial charge in [-0.1, -0.05) is 11.6 Å². The van der Waals surface area contributed by atoms with Crippen LogP contribution in [-0.2, 0) is 0 Å². The number of halogens is 3. The molecule has 0 fully saturated rings. The van der Waals surface area contributed by atoms with Crippen LogP contribution in [0.15, 0.2) is 12.1 Å². The molecule has 0 spiro atoms. The van der Waals surface area contributed by atoms with E-state index in [1.54, 1.807) is 0 Å². The van der Waals surface area contributed by atoms with Crippen molar-refractivity contribution in [3.63, 3.8) is 0 Å². The molecular formula is C8H9ClF2N2. The molecule has 0 atom stereocenters. The molecule has 0 aliphatic carbocycles. The molecule has 1 aromatic rings. The summed E-state index contributed by atoms with van der Waals surface area (Å²) in [7, 11) is 0. The van der Waals surface area contributed by atoms with Gasteiger partial charge in [0.1, 0.15) is 5.82 Å². The van der Waals surface area contributed by atoms with Crippen molar-refractivity contribution in [2.45, 2.75) is 0 Å². The third kappa shape index (κ3) is 2.54. The quantitative estimate of drug-likeness (QED) is 0.794. The SMILES string of the molecule is NCCNc1c(F)cc(F)cc1Cl. The van der Waals surface area contributed by atoms with Crippen LogP contribution in [0, 0.1) is 11.6 Å². The van der Waals surface area contributed by atoms with Crippen LogP contribution in [0.3, 0.4) is 0 Å². The van der Waals surface area contributed by atoms with Crippen molar-refractivity contribution >= 4 is 17.3 Å². The van der Waals surface area contributed by atoms with Gasteiger partial charge >= 0.3 is 0 Å². The van der Waals surface area contributed by atoms with Crippen molar-refractivity contribution in [3.05, 3.63) is 28.8 Å². The fourth-order valence-corrected chi connectivity index (χ4v) is 1.17. The molecule has 0 aliphatic rings. The number of anilines is 1. The number of nitrogens with one attached hydrogen (secondary N) is 1. The number of nitrogens with two attached hydrogens (primary N) is 1. The second kappa shape index (κ2) is 4.39. The predicted molar refractivity (Wildman–Crippen MR) is 48.9 cm³/mol. The average Bonchev–Trinajstić information content (AvgIpc) is 2.02. The summed E-state index contributed by atoms with van der Waals surface area (Å²) in [6, 6.07) is 1.81. The molecule has 0 bridgehead atoms. The van der Waals surface area contributed by atoms with Gasteiger partial charge in [-0.05, 0) is 6.07 Å². The average molecular weight is 207 g/mol. The lowest BCUT2D eigenvalue weighted by molar-refractivity contribution is 0.585. The minimum atomic E-state index is -0.710. The van der Waals surface area contributed by atoms with Crippen LogP contribution in [0.25, 0.3) is 0 Å². The molecule has 0 saturated heterocycles. The molecule has 5 heteroatoms. The molecule has 0 radical (unpaired) electrons. The first-order valence-corrected chi connectivity index (χ1v) is 4.11. The Kier molecular flexibility index (Phi) is 3.45. The van der Waals surface area contributed by atoms with Crippen LogP contribution < -0.4 is 11.1 Å². The highest BCUT2D eigenvalue weighted by atomic mass is 35.5. The molecule has 0 heterocycles. The zero-order valence-electron chi connectivity index (χ0n) is 6.78. The molecule has 2 nitrogen and oxygen atoms in total. The van der Waals surface area contributed by atoms with E-state index in [2.05, 4.69) is 5.32 Å². The standard InChI is InChI=1S/C8H9ClF2N2/c9-6-3-5(10)4-7(11)8(6)13-2-1-12/h3-4,13H,1-2,12H2. The Balaban J connectivity index is 2.92. The molecule has 72 valence electrons. The van der Waals surface area contributed by atoms with Gasteiger partial charge in [-0.15, -0.1) is 0 Å². The van der Waals surface area contributed by atoms with E-state index in [1.807, 2.05) is 0 Å². The van der Waals surface area contributed by atoms with Crippen LogP contribution in [0.5, 0.6) is 0 Å². The Bertz CT molecular complexity index is 281. The van der Waals surface area contributed by atoms with E-state index >= 15 is 0 Å². The van der Waals surface area contributed by atoms with Crippen molar-refractivity contribution in [2.75, 3.05) is 18.4 Å². The summed E-state index contributed by atoms with van der Waals surface area (Å²) >= 11 is 5.59. The maximum atomic E-state index is 13.0. The van der Waals surface area contributed by atoms with E-state index in [1.165, 1.54) is 0 Å². The minimum absolute atomic E-state index is 0.0194. The fraction of sp³-hybridized carbons (Fsp3) is 0.250. The van der Waals surface area contributed by atoms with Gasteiger partial charge in [-0.3, -0.25) is 0 Å². The van der Waals surface area contributed by atoms with Crippen LogP contribution in [-0.4, -0.2) is 13.1 Å². The highest BCUT2D eigenvalue weighted by Gasteiger charge is 2.08.